The van der Waals surface area contributed by atoms with Crippen molar-refractivity contribution < 1.29 is 29.3 Å². The highest BCUT2D eigenvalue weighted by Gasteiger charge is 2.23. The minimum Gasteiger partial charge on any atom is -0.508 e. The molecule has 1 aliphatic rings. The summed E-state index contributed by atoms with van der Waals surface area (Å²) in [6.45, 7) is 1.76. The van der Waals surface area contributed by atoms with Crippen LogP contribution in [0.3, 0.4) is 0 Å². The Morgan fingerprint density at radius 2 is 1.96 bits per heavy atom. The van der Waals surface area contributed by atoms with Crippen LogP contribution < -0.4 is 4.74 Å². The molecule has 0 spiro atoms. The molecule has 6 nitrogen and oxygen atoms in total. The number of esters is 1. The first-order chi connectivity index (χ1) is 11.9. The van der Waals surface area contributed by atoms with Crippen molar-refractivity contribution in [3.8, 4) is 11.5 Å². The molecular weight excluding hydrogens is 324 g/mol. The zero-order valence-corrected chi connectivity index (χ0v) is 14.5. The highest BCUT2D eigenvalue weighted by atomic mass is 16.5. The van der Waals surface area contributed by atoms with Gasteiger partial charge in [0.2, 0.25) is 0 Å². The number of ketones is 1. The molecule has 0 saturated carbocycles. The van der Waals surface area contributed by atoms with Crippen molar-refractivity contribution in [2.45, 2.75) is 51.2 Å². The van der Waals surface area contributed by atoms with Crippen LogP contribution in [0.1, 0.15) is 48.5 Å². The molecule has 2 N–H and O–H groups in total. The minimum absolute atomic E-state index is 0.0529. The topological polar surface area (TPSA) is 93.1 Å². The maximum absolute atomic E-state index is 12.6. The average molecular weight is 348 g/mol. The number of benzene rings is 1. The summed E-state index contributed by atoms with van der Waals surface area (Å²) >= 11 is 0. The normalized spacial score (nSPS) is 22.7. The lowest BCUT2D eigenvalue weighted by Crippen LogP contribution is -2.20. The number of allylic oxidation sites excluding steroid dienone is 2. The van der Waals surface area contributed by atoms with Crippen molar-refractivity contribution in [2.24, 2.45) is 0 Å². The second-order valence-electron chi connectivity index (χ2n) is 6.25. The van der Waals surface area contributed by atoms with E-state index in [9.17, 15) is 19.8 Å². The summed E-state index contributed by atoms with van der Waals surface area (Å²) in [5, 5.41) is 19.8. The van der Waals surface area contributed by atoms with Gasteiger partial charge in [-0.1, -0.05) is 6.08 Å². The van der Waals surface area contributed by atoms with E-state index in [-0.39, 0.29) is 35.4 Å². The number of ether oxygens (including phenoxy) is 2. The third-order valence-electron chi connectivity index (χ3n) is 4.14. The Morgan fingerprint density at radius 1 is 1.20 bits per heavy atom. The maximum Gasteiger partial charge on any atom is 0.342 e. The smallest absolute Gasteiger partial charge is 0.342 e. The number of carbonyl (C=O) groups excluding carboxylic acids is 2. The standard InChI is InChI=1S/C19H24O6/c1-12-7-8-14(20)5-3-4-6-15(21)9-13-10-16(22)11-17(24-2)18(13)19(23)25-12/h4,6,10-12,14,20,22H,3,5,7-9H2,1-2H3. The lowest BCUT2D eigenvalue weighted by molar-refractivity contribution is -0.114. The number of phenols is 1. The Balaban J connectivity index is 2.40. The molecule has 2 rings (SSSR count). The largest absolute Gasteiger partial charge is 0.508 e. The first-order valence-corrected chi connectivity index (χ1v) is 8.39. The van der Waals surface area contributed by atoms with Gasteiger partial charge in [-0.3, -0.25) is 4.79 Å². The molecular formula is C19H24O6. The molecule has 1 aliphatic heterocycles. The molecule has 6 heteroatoms. The Hall–Kier alpha value is -2.34. The van der Waals surface area contributed by atoms with Crippen LogP contribution in [-0.2, 0) is 16.0 Å². The fourth-order valence-electron chi connectivity index (χ4n) is 2.81. The predicted molar refractivity (Wildman–Crippen MR) is 91.9 cm³/mol. The molecule has 0 aliphatic carbocycles. The summed E-state index contributed by atoms with van der Waals surface area (Å²) in [4.78, 5) is 24.7. The molecule has 0 saturated heterocycles. The van der Waals surface area contributed by atoms with Gasteiger partial charge in [0.05, 0.1) is 19.3 Å². The first-order valence-electron chi connectivity index (χ1n) is 8.39. The van der Waals surface area contributed by atoms with Gasteiger partial charge < -0.3 is 19.7 Å². The van der Waals surface area contributed by atoms with E-state index >= 15 is 0 Å². The first kappa shape index (κ1) is 19.0. The van der Waals surface area contributed by atoms with Crippen molar-refractivity contribution in [3.63, 3.8) is 0 Å². The lowest BCUT2D eigenvalue weighted by Gasteiger charge is -2.18. The van der Waals surface area contributed by atoms with Gasteiger partial charge in [-0.05, 0) is 50.3 Å². The third kappa shape index (κ3) is 5.32. The van der Waals surface area contributed by atoms with Crippen LogP contribution >= 0.6 is 0 Å². The second kappa shape index (κ2) is 8.67. The second-order valence-corrected chi connectivity index (χ2v) is 6.25. The van der Waals surface area contributed by atoms with Crippen molar-refractivity contribution in [1.82, 2.24) is 0 Å². The van der Waals surface area contributed by atoms with E-state index in [2.05, 4.69) is 0 Å². The van der Waals surface area contributed by atoms with Crippen LogP contribution in [0, 0.1) is 0 Å². The van der Waals surface area contributed by atoms with E-state index in [1.165, 1.54) is 25.3 Å². The van der Waals surface area contributed by atoms with Gasteiger partial charge in [0.1, 0.15) is 17.1 Å². The number of cyclic esters (lactones) is 1. The van der Waals surface area contributed by atoms with Crippen LogP contribution in [0.4, 0.5) is 0 Å². The SMILES string of the molecule is COc1cc(O)cc2c1C(=O)OC(C)CCC(O)CCC=CC(=O)C2. The van der Waals surface area contributed by atoms with Gasteiger partial charge >= 0.3 is 5.97 Å². The minimum atomic E-state index is -0.609. The molecule has 0 fully saturated rings. The number of hydrogen-bond acceptors (Lipinski definition) is 6. The molecule has 2 atom stereocenters. The van der Waals surface area contributed by atoms with E-state index in [1.54, 1.807) is 13.0 Å². The fourth-order valence-corrected chi connectivity index (χ4v) is 2.81. The highest BCUT2D eigenvalue weighted by Crippen LogP contribution is 2.30. The molecule has 1 aromatic carbocycles. The van der Waals surface area contributed by atoms with Crippen molar-refractivity contribution in [2.75, 3.05) is 7.11 Å². The summed E-state index contributed by atoms with van der Waals surface area (Å²) in [6, 6.07) is 2.70. The predicted octanol–water partition coefficient (Wildman–Crippen LogP) is 2.55. The summed E-state index contributed by atoms with van der Waals surface area (Å²) in [7, 11) is 1.38. The van der Waals surface area contributed by atoms with Gasteiger partial charge in [0.15, 0.2) is 5.78 Å². The Labute approximate surface area is 147 Å². The molecule has 1 aromatic rings. The summed E-state index contributed by atoms with van der Waals surface area (Å²) < 4.78 is 10.6. The molecule has 0 radical (unpaired) electrons. The molecule has 1 heterocycles. The number of methoxy groups -OCH3 is 1. The van der Waals surface area contributed by atoms with Crippen molar-refractivity contribution >= 4 is 11.8 Å². The molecule has 136 valence electrons. The van der Waals surface area contributed by atoms with Crippen molar-refractivity contribution in [3.05, 3.63) is 35.4 Å². The molecule has 0 aromatic heterocycles. The third-order valence-corrected chi connectivity index (χ3v) is 4.14. The van der Waals surface area contributed by atoms with Gasteiger partial charge in [-0.15, -0.1) is 0 Å². The monoisotopic (exact) mass is 348 g/mol. The van der Waals surface area contributed by atoms with E-state index in [0.717, 1.165) is 0 Å². The number of aliphatic hydroxyl groups excluding tert-OH is 1. The summed E-state index contributed by atoms with van der Waals surface area (Å²) in [5.41, 5.74) is 0.507. The van der Waals surface area contributed by atoms with Gasteiger partial charge in [-0.25, -0.2) is 4.79 Å². The number of aromatic hydroxyl groups is 1. The molecule has 2 unspecified atom stereocenters. The Morgan fingerprint density at radius 3 is 2.68 bits per heavy atom. The van der Waals surface area contributed by atoms with E-state index < -0.39 is 12.1 Å². The van der Waals surface area contributed by atoms with Crippen molar-refractivity contribution in [1.29, 1.82) is 0 Å². The average Bonchev–Trinajstić information content (AvgIpc) is 2.55. The zero-order chi connectivity index (χ0) is 18.4. The lowest BCUT2D eigenvalue weighted by atomic mass is 9.99. The highest BCUT2D eigenvalue weighted by molar-refractivity contribution is 5.98. The number of hydrogen-bond donors (Lipinski definition) is 2. The maximum atomic E-state index is 12.6. The van der Waals surface area contributed by atoms with Crippen LogP contribution in [-0.4, -0.2) is 41.3 Å². The van der Waals surface area contributed by atoms with E-state index in [1.807, 2.05) is 0 Å². The Kier molecular flexibility index (Phi) is 6.58. The van der Waals surface area contributed by atoms with E-state index in [4.69, 9.17) is 9.47 Å². The summed E-state index contributed by atoms with van der Waals surface area (Å²) in [6.07, 6.45) is 4.41. The van der Waals surface area contributed by atoms with Gasteiger partial charge in [-0.2, -0.15) is 0 Å². The quantitative estimate of drug-likeness (QED) is 0.758. The van der Waals surface area contributed by atoms with Gasteiger partial charge in [0, 0.05) is 12.5 Å². The number of aliphatic hydroxyl groups is 1. The fraction of sp³-hybridized carbons (Fsp3) is 0.474. The number of phenolic OH excluding ortho intramolecular Hbond substituents is 1. The number of rotatable bonds is 1. The molecule has 0 amide bonds. The zero-order valence-electron chi connectivity index (χ0n) is 14.5. The van der Waals surface area contributed by atoms with Crippen LogP contribution in [0.2, 0.25) is 0 Å². The molecule has 0 bridgehead atoms. The van der Waals surface area contributed by atoms with E-state index in [0.29, 0.717) is 31.2 Å². The van der Waals surface area contributed by atoms with Crippen LogP contribution in [0.5, 0.6) is 11.5 Å². The summed E-state index contributed by atoms with van der Waals surface area (Å²) in [5.74, 6) is -0.738. The Bertz CT molecular complexity index is 664. The van der Waals surface area contributed by atoms with Gasteiger partial charge in [0.25, 0.3) is 0 Å². The van der Waals surface area contributed by atoms with Crippen LogP contribution in [0.25, 0.3) is 0 Å². The number of carbonyl (C=O) groups is 2. The number of fused-ring (bicyclic) bond motifs is 1. The molecule has 25 heavy (non-hydrogen) atoms. The van der Waals surface area contributed by atoms with Crippen LogP contribution in [0.15, 0.2) is 24.3 Å².